The minimum absolute atomic E-state index is 0.0448. The number of sulfonamides is 1. The average molecular weight is 433 g/mol. The average Bonchev–Trinajstić information content (AvgIpc) is 3.40. The molecule has 0 spiro atoms. The first-order valence-corrected chi connectivity index (χ1v) is 11.2. The molecule has 3 aromatic rings. The third-order valence-electron chi connectivity index (χ3n) is 4.60. The van der Waals surface area contributed by atoms with Crippen LogP contribution in [0.3, 0.4) is 0 Å². The van der Waals surface area contributed by atoms with Crippen molar-refractivity contribution in [2.24, 2.45) is 0 Å². The molecule has 0 radical (unpaired) electrons. The highest BCUT2D eigenvalue weighted by Gasteiger charge is 2.38. The number of nitrogens with one attached hydrogen (secondary N) is 1. The monoisotopic (exact) mass is 432 g/mol. The zero-order valence-electron chi connectivity index (χ0n) is 15.2. The normalized spacial score (nSPS) is 17.3. The van der Waals surface area contributed by atoms with E-state index in [0.29, 0.717) is 24.4 Å². The topological polar surface area (TPSA) is 92.3 Å². The van der Waals surface area contributed by atoms with Crippen molar-refractivity contribution in [3.8, 4) is 0 Å². The predicted octanol–water partition coefficient (Wildman–Crippen LogP) is 3.46. The van der Waals surface area contributed by atoms with E-state index in [1.807, 2.05) is 0 Å². The van der Waals surface area contributed by atoms with Gasteiger partial charge in [-0.25, -0.2) is 12.8 Å². The molecule has 29 heavy (non-hydrogen) atoms. The zero-order chi connectivity index (χ0) is 20.4. The lowest BCUT2D eigenvalue weighted by atomic mass is 10.2. The lowest BCUT2D eigenvalue weighted by Gasteiger charge is -2.22. The number of para-hydroxylation sites is 1. The maximum atomic E-state index is 13.7. The fraction of sp³-hybridized carbons (Fsp3) is 0.211. The summed E-state index contributed by atoms with van der Waals surface area (Å²) >= 11 is 1.02. The van der Waals surface area contributed by atoms with Crippen LogP contribution in [0, 0.1) is 5.82 Å². The number of rotatable bonds is 5. The molecule has 1 fully saturated rings. The standard InChI is InChI=1S/C19H17FN4O3S2/c20-14-9-4-5-10-15(14)21-17(25)19-23-22-18(28-19)16-11-6-12-24(16)29(26,27)13-7-2-1-3-8-13/h1-5,7-10,16H,6,11-12H2,(H,21,25)/t16-/m0/s1. The first-order chi connectivity index (χ1) is 14.0. The fourth-order valence-electron chi connectivity index (χ4n) is 3.20. The van der Waals surface area contributed by atoms with Crippen LogP contribution in [0.15, 0.2) is 59.5 Å². The summed E-state index contributed by atoms with van der Waals surface area (Å²) in [5.74, 6) is -1.14. The molecule has 1 saturated heterocycles. The van der Waals surface area contributed by atoms with Crippen molar-refractivity contribution in [2.45, 2.75) is 23.8 Å². The summed E-state index contributed by atoms with van der Waals surface area (Å²) in [4.78, 5) is 12.6. The number of nitrogens with zero attached hydrogens (tertiary/aromatic N) is 3. The largest absolute Gasteiger partial charge is 0.317 e. The van der Waals surface area contributed by atoms with Crippen LogP contribution in [0.1, 0.15) is 33.7 Å². The van der Waals surface area contributed by atoms with Crippen LogP contribution in [-0.2, 0) is 10.0 Å². The van der Waals surface area contributed by atoms with Gasteiger partial charge in [0.1, 0.15) is 10.8 Å². The van der Waals surface area contributed by atoms with E-state index in [2.05, 4.69) is 15.5 Å². The maximum absolute atomic E-state index is 13.7. The van der Waals surface area contributed by atoms with Crippen molar-refractivity contribution in [3.05, 3.63) is 70.4 Å². The number of carbonyl (C=O) groups excluding carboxylic acids is 1. The smallest absolute Gasteiger partial charge is 0.286 e. The van der Waals surface area contributed by atoms with Gasteiger partial charge < -0.3 is 5.32 Å². The van der Waals surface area contributed by atoms with E-state index >= 15 is 0 Å². The van der Waals surface area contributed by atoms with Crippen molar-refractivity contribution < 1.29 is 17.6 Å². The molecule has 2 aromatic carbocycles. The Morgan fingerprint density at radius 1 is 1.10 bits per heavy atom. The Hall–Kier alpha value is -2.69. The van der Waals surface area contributed by atoms with Crippen LogP contribution in [0.4, 0.5) is 10.1 Å². The van der Waals surface area contributed by atoms with Gasteiger partial charge >= 0.3 is 0 Å². The highest BCUT2D eigenvalue weighted by atomic mass is 32.2. The van der Waals surface area contributed by atoms with E-state index in [4.69, 9.17) is 0 Å². The highest BCUT2D eigenvalue weighted by molar-refractivity contribution is 7.89. The molecule has 1 aliphatic heterocycles. The van der Waals surface area contributed by atoms with Crippen LogP contribution in [-0.4, -0.2) is 35.4 Å². The summed E-state index contributed by atoms with van der Waals surface area (Å²) in [7, 11) is -3.68. The molecule has 1 amide bonds. The van der Waals surface area contributed by atoms with Gasteiger partial charge in [0.2, 0.25) is 15.0 Å². The number of amides is 1. The van der Waals surface area contributed by atoms with Crippen molar-refractivity contribution in [1.29, 1.82) is 0 Å². The van der Waals surface area contributed by atoms with Crippen molar-refractivity contribution >= 4 is 33.0 Å². The van der Waals surface area contributed by atoms with Crippen molar-refractivity contribution in [2.75, 3.05) is 11.9 Å². The molecule has 1 aromatic heterocycles. The highest BCUT2D eigenvalue weighted by Crippen LogP contribution is 2.37. The van der Waals surface area contributed by atoms with Gasteiger partial charge in [0.05, 0.1) is 16.6 Å². The molecule has 1 atom stereocenters. The number of carbonyl (C=O) groups is 1. The summed E-state index contributed by atoms with van der Waals surface area (Å²) in [5, 5.41) is 10.9. The second kappa shape index (κ2) is 7.97. The van der Waals surface area contributed by atoms with Crippen LogP contribution in [0.5, 0.6) is 0 Å². The number of aromatic nitrogens is 2. The molecule has 0 unspecified atom stereocenters. The number of hydrogen-bond donors (Lipinski definition) is 1. The molecule has 0 saturated carbocycles. The molecule has 0 bridgehead atoms. The first-order valence-electron chi connectivity index (χ1n) is 8.93. The van der Waals surface area contributed by atoms with Crippen LogP contribution in [0.2, 0.25) is 0 Å². The molecule has 10 heteroatoms. The number of hydrogen-bond acceptors (Lipinski definition) is 6. The minimum Gasteiger partial charge on any atom is -0.317 e. The maximum Gasteiger partial charge on any atom is 0.286 e. The SMILES string of the molecule is O=C(Nc1ccccc1F)c1nnc([C@@H]2CCCN2S(=O)(=O)c2ccccc2)s1. The van der Waals surface area contributed by atoms with Crippen molar-refractivity contribution in [1.82, 2.24) is 14.5 Å². The molecule has 1 N–H and O–H groups in total. The minimum atomic E-state index is -3.68. The Kier molecular flexibility index (Phi) is 5.39. The summed E-state index contributed by atoms with van der Waals surface area (Å²) in [5.41, 5.74) is 0.0448. The van der Waals surface area contributed by atoms with Gasteiger partial charge in [-0.1, -0.05) is 41.7 Å². The van der Waals surface area contributed by atoms with Gasteiger partial charge in [-0.15, -0.1) is 10.2 Å². The predicted molar refractivity (Wildman–Crippen MR) is 107 cm³/mol. The van der Waals surface area contributed by atoms with Gasteiger partial charge in [0.25, 0.3) is 5.91 Å². The first kappa shape index (κ1) is 19.6. The van der Waals surface area contributed by atoms with E-state index < -0.39 is 27.8 Å². The molecule has 150 valence electrons. The van der Waals surface area contributed by atoms with Crippen LogP contribution in [0.25, 0.3) is 0 Å². The summed E-state index contributed by atoms with van der Waals surface area (Å²) < 4.78 is 41.1. The van der Waals surface area contributed by atoms with Gasteiger partial charge in [-0.3, -0.25) is 4.79 Å². The van der Waals surface area contributed by atoms with Gasteiger partial charge in [0.15, 0.2) is 0 Å². The lowest BCUT2D eigenvalue weighted by molar-refractivity contribution is 0.102. The van der Waals surface area contributed by atoms with Crippen molar-refractivity contribution in [3.63, 3.8) is 0 Å². The molecule has 0 aliphatic carbocycles. The molecular formula is C19H17FN4O3S2. The Balaban J connectivity index is 1.56. The second-order valence-corrected chi connectivity index (χ2v) is 9.37. The summed E-state index contributed by atoms with van der Waals surface area (Å²) in [6.07, 6.45) is 1.28. The third kappa shape index (κ3) is 3.91. The van der Waals surface area contributed by atoms with Crippen LogP contribution < -0.4 is 5.32 Å². The van der Waals surface area contributed by atoms with E-state index in [-0.39, 0.29) is 15.6 Å². The third-order valence-corrected chi connectivity index (χ3v) is 7.54. The Morgan fingerprint density at radius 3 is 2.59 bits per heavy atom. The second-order valence-electron chi connectivity index (χ2n) is 6.47. The van der Waals surface area contributed by atoms with E-state index in [9.17, 15) is 17.6 Å². The van der Waals surface area contributed by atoms with E-state index in [1.54, 1.807) is 36.4 Å². The lowest BCUT2D eigenvalue weighted by Crippen LogP contribution is -2.30. The summed E-state index contributed by atoms with van der Waals surface area (Å²) in [6.45, 7) is 0.373. The van der Waals surface area contributed by atoms with Gasteiger partial charge in [-0.2, -0.15) is 4.31 Å². The van der Waals surface area contributed by atoms with Crippen LogP contribution >= 0.6 is 11.3 Å². The number of benzene rings is 2. The number of anilines is 1. The van der Waals surface area contributed by atoms with E-state index in [1.165, 1.54) is 22.5 Å². The Labute approximate surface area is 171 Å². The van der Waals surface area contributed by atoms with E-state index in [0.717, 1.165) is 11.3 Å². The Morgan fingerprint density at radius 2 is 1.83 bits per heavy atom. The molecule has 1 aliphatic rings. The Bertz CT molecular complexity index is 1140. The molecule has 7 nitrogen and oxygen atoms in total. The van der Waals surface area contributed by atoms with Gasteiger partial charge in [-0.05, 0) is 37.1 Å². The number of halogens is 1. The zero-order valence-corrected chi connectivity index (χ0v) is 16.8. The summed E-state index contributed by atoms with van der Waals surface area (Å²) in [6, 6.07) is 13.6. The molecule has 4 rings (SSSR count). The van der Waals surface area contributed by atoms with Gasteiger partial charge in [0, 0.05) is 6.54 Å². The molecule has 2 heterocycles. The quantitative estimate of drug-likeness (QED) is 0.667. The fourth-order valence-corrected chi connectivity index (χ4v) is 5.84. The molecular weight excluding hydrogens is 415 g/mol.